The summed E-state index contributed by atoms with van der Waals surface area (Å²) in [6.45, 7) is 0. The van der Waals surface area contributed by atoms with Gasteiger partial charge in [0.15, 0.2) is 0 Å². The van der Waals surface area contributed by atoms with Crippen LogP contribution in [0.4, 0.5) is 4.39 Å². The minimum absolute atomic E-state index is 0.0513. The van der Waals surface area contributed by atoms with Crippen LogP contribution in [-0.4, -0.2) is 6.10 Å². The monoisotopic (exact) mass is 257 g/mol. The van der Waals surface area contributed by atoms with Crippen molar-refractivity contribution in [3.63, 3.8) is 0 Å². The summed E-state index contributed by atoms with van der Waals surface area (Å²) in [4.78, 5) is 0. The number of halogens is 1. The topological polar surface area (TPSA) is 35.2 Å². The lowest BCUT2D eigenvalue weighted by atomic mass is 9.94. The van der Waals surface area contributed by atoms with Crippen LogP contribution in [0.2, 0.25) is 0 Å². The van der Waals surface area contributed by atoms with Gasteiger partial charge < -0.3 is 10.5 Å². The number of nitrogens with two attached hydrogens (primary N) is 1. The number of hydrogen-bond acceptors (Lipinski definition) is 2. The molecule has 0 saturated heterocycles. The molecule has 2 nitrogen and oxygen atoms in total. The molecule has 0 aromatic heterocycles. The molecule has 0 bridgehead atoms. The maximum atomic E-state index is 13.2. The normalized spacial score (nSPS) is 21.6. The van der Waals surface area contributed by atoms with Gasteiger partial charge in [0.25, 0.3) is 0 Å². The summed E-state index contributed by atoms with van der Waals surface area (Å²) in [5.74, 6) is 0.445. The van der Waals surface area contributed by atoms with E-state index in [1.54, 1.807) is 6.07 Å². The van der Waals surface area contributed by atoms with E-state index in [-0.39, 0.29) is 18.0 Å². The fourth-order valence-electron chi connectivity index (χ4n) is 2.56. The average Bonchev–Trinajstić information content (AvgIpc) is 2.41. The fraction of sp³-hybridized carbons (Fsp3) is 0.250. The second kappa shape index (κ2) is 5.02. The minimum Gasteiger partial charge on any atom is -0.490 e. The van der Waals surface area contributed by atoms with Crippen LogP contribution in [0.1, 0.15) is 23.6 Å². The zero-order chi connectivity index (χ0) is 13.2. The van der Waals surface area contributed by atoms with Crippen molar-refractivity contribution in [1.82, 2.24) is 0 Å². The van der Waals surface area contributed by atoms with Crippen LogP contribution in [0.25, 0.3) is 0 Å². The molecule has 1 aliphatic heterocycles. The highest BCUT2D eigenvalue weighted by molar-refractivity contribution is 5.38. The molecule has 1 heterocycles. The van der Waals surface area contributed by atoms with Gasteiger partial charge in [-0.2, -0.15) is 0 Å². The molecular formula is C16H16FNO. The molecule has 19 heavy (non-hydrogen) atoms. The molecule has 0 amide bonds. The van der Waals surface area contributed by atoms with Gasteiger partial charge in [0.2, 0.25) is 0 Å². The van der Waals surface area contributed by atoms with E-state index in [4.69, 9.17) is 10.5 Å². The maximum absolute atomic E-state index is 13.2. The van der Waals surface area contributed by atoms with E-state index in [1.807, 2.05) is 18.2 Å². The molecule has 1 aliphatic rings. The van der Waals surface area contributed by atoms with Crippen molar-refractivity contribution in [3.8, 4) is 5.75 Å². The van der Waals surface area contributed by atoms with Crippen molar-refractivity contribution in [1.29, 1.82) is 0 Å². The summed E-state index contributed by atoms with van der Waals surface area (Å²) in [5.41, 5.74) is 8.11. The summed E-state index contributed by atoms with van der Waals surface area (Å²) in [6, 6.07) is 14.6. The number of benzene rings is 2. The van der Waals surface area contributed by atoms with Crippen molar-refractivity contribution < 1.29 is 9.13 Å². The van der Waals surface area contributed by atoms with E-state index in [0.717, 1.165) is 12.0 Å². The average molecular weight is 257 g/mol. The molecule has 2 atom stereocenters. The van der Waals surface area contributed by atoms with Crippen LogP contribution in [-0.2, 0) is 6.42 Å². The fourth-order valence-corrected chi connectivity index (χ4v) is 2.56. The van der Waals surface area contributed by atoms with Gasteiger partial charge in [0, 0.05) is 24.4 Å². The van der Waals surface area contributed by atoms with Crippen LogP contribution in [0, 0.1) is 5.82 Å². The van der Waals surface area contributed by atoms with Gasteiger partial charge in [0.1, 0.15) is 17.7 Å². The Balaban J connectivity index is 1.80. The molecule has 98 valence electrons. The Labute approximate surface area is 112 Å². The molecule has 3 rings (SSSR count). The third-order valence-electron chi connectivity index (χ3n) is 3.49. The van der Waals surface area contributed by atoms with Gasteiger partial charge in [-0.25, -0.2) is 4.39 Å². The summed E-state index contributed by atoms with van der Waals surface area (Å²) in [6.07, 6.45) is 1.59. The van der Waals surface area contributed by atoms with Crippen molar-refractivity contribution in [2.24, 2.45) is 5.73 Å². The Bertz CT molecular complexity index is 570. The molecule has 0 radical (unpaired) electrons. The van der Waals surface area contributed by atoms with Crippen LogP contribution < -0.4 is 10.5 Å². The van der Waals surface area contributed by atoms with Gasteiger partial charge in [-0.15, -0.1) is 0 Å². The van der Waals surface area contributed by atoms with E-state index in [0.29, 0.717) is 12.2 Å². The standard InChI is InChI=1S/C16H16FNO/c17-12-6-7-16-14(9-12)15(18)10-13(19-16)8-11-4-2-1-3-5-11/h1-7,9,13,15H,8,10,18H2. The highest BCUT2D eigenvalue weighted by Gasteiger charge is 2.26. The highest BCUT2D eigenvalue weighted by atomic mass is 19.1. The predicted molar refractivity (Wildman–Crippen MR) is 72.5 cm³/mol. The second-order valence-electron chi connectivity index (χ2n) is 4.95. The molecule has 2 aromatic carbocycles. The molecule has 3 heteroatoms. The van der Waals surface area contributed by atoms with Crippen LogP contribution in [0.15, 0.2) is 48.5 Å². The first-order chi connectivity index (χ1) is 9.22. The number of fused-ring (bicyclic) bond motifs is 1. The minimum atomic E-state index is -0.265. The van der Waals surface area contributed by atoms with Crippen LogP contribution in [0.5, 0.6) is 5.75 Å². The van der Waals surface area contributed by atoms with Crippen molar-refractivity contribution in [2.75, 3.05) is 0 Å². The first-order valence-corrected chi connectivity index (χ1v) is 6.48. The molecule has 2 N–H and O–H groups in total. The zero-order valence-electron chi connectivity index (χ0n) is 10.6. The third kappa shape index (κ3) is 2.61. The van der Waals surface area contributed by atoms with Crippen molar-refractivity contribution >= 4 is 0 Å². The lowest BCUT2D eigenvalue weighted by Crippen LogP contribution is -2.31. The number of hydrogen-bond donors (Lipinski definition) is 1. The van der Waals surface area contributed by atoms with Crippen molar-refractivity contribution in [3.05, 3.63) is 65.5 Å². The lowest BCUT2D eigenvalue weighted by molar-refractivity contribution is 0.159. The SMILES string of the molecule is NC1CC(Cc2ccccc2)Oc2ccc(F)cc21. The van der Waals surface area contributed by atoms with E-state index < -0.39 is 0 Å². The largest absolute Gasteiger partial charge is 0.490 e. The van der Waals surface area contributed by atoms with Gasteiger partial charge in [-0.1, -0.05) is 30.3 Å². The Morgan fingerprint density at radius 3 is 2.74 bits per heavy atom. The Morgan fingerprint density at radius 2 is 1.95 bits per heavy atom. The van der Waals surface area contributed by atoms with Gasteiger partial charge in [0.05, 0.1) is 0 Å². The van der Waals surface area contributed by atoms with E-state index in [2.05, 4.69) is 12.1 Å². The van der Waals surface area contributed by atoms with Crippen LogP contribution >= 0.6 is 0 Å². The lowest BCUT2D eigenvalue weighted by Gasteiger charge is -2.30. The van der Waals surface area contributed by atoms with Gasteiger partial charge >= 0.3 is 0 Å². The van der Waals surface area contributed by atoms with E-state index in [9.17, 15) is 4.39 Å². The Morgan fingerprint density at radius 1 is 1.16 bits per heavy atom. The highest BCUT2D eigenvalue weighted by Crippen LogP contribution is 2.34. The molecule has 0 spiro atoms. The first kappa shape index (κ1) is 12.2. The quantitative estimate of drug-likeness (QED) is 0.896. The zero-order valence-corrected chi connectivity index (χ0v) is 10.6. The molecule has 0 saturated carbocycles. The molecule has 0 aliphatic carbocycles. The number of rotatable bonds is 2. The van der Waals surface area contributed by atoms with Crippen molar-refractivity contribution in [2.45, 2.75) is 25.0 Å². The molecular weight excluding hydrogens is 241 g/mol. The van der Waals surface area contributed by atoms with E-state index in [1.165, 1.54) is 17.7 Å². The van der Waals surface area contributed by atoms with E-state index >= 15 is 0 Å². The smallest absolute Gasteiger partial charge is 0.124 e. The molecule has 0 fully saturated rings. The maximum Gasteiger partial charge on any atom is 0.124 e. The molecule has 2 unspecified atom stereocenters. The first-order valence-electron chi connectivity index (χ1n) is 6.48. The third-order valence-corrected chi connectivity index (χ3v) is 3.49. The summed E-state index contributed by atoms with van der Waals surface area (Å²) in [7, 11) is 0. The summed E-state index contributed by atoms with van der Waals surface area (Å²) in [5, 5.41) is 0. The molecule has 2 aromatic rings. The van der Waals surface area contributed by atoms with Gasteiger partial charge in [-0.05, 0) is 23.8 Å². The predicted octanol–water partition coefficient (Wildman–Crippen LogP) is 3.22. The van der Waals surface area contributed by atoms with Gasteiger partial charge in [-0.3, -0.25) is 0 Å². The number of ether oxygens (including phenoxy) is 1. The second-order valence-corrected chi connectivity index (χ2v) is 4.95. The van der Waals surface area contributed by atoms with Crippen LogP contribution in [0.3, 0.4) is 0 Å². The Kier molecular flexibility index (Phi) is 3.22. The summed E-state index contributed by atoms with van der Waals surface area (Å²) < 4.78 is 19.1. The summed E-state index contributed by atoms with van der Waals surface area (Å²) >= 11 is 0. The Hall–Kier alpha value is -1.87.